The second-order valence-electron chi connectivity index (χ2n) is 8.11. The van der Waals surface area contributed by atoms with E-state index >= 15 is 0 Å². The number of amides is 1. The molecule has 1 aromatic heterocycles. The molecular weight excluding hydrogens is 426 g/mol. The largest absolute Gasteiger partial charge is 0.348 e. The van der Waals surface area contributed by atoms with Crippen molar-refractivity contribution in [2.45, 2.75) is 45.6 Å². The summed E-state index contributed by atoms with van der Waals surface area (Å²) in [6.45, 7) is 3.00. The lowest BCUT2D eigenvalue weighted by Crippen LogP contribution is -2.26. The van der Waals surface area contributed by atoms with Crippen LogP contribution in [0.15, 0.2) is 48.5 Å². The van der Waals surface area contributed by atoms with Crippen molar-refractivity contribution in [1.82, 2.24) is 14.4 Å². The lowest BCUT2D eigenvalue weighted by Gasteiger charge is -2.18. The van der Waals surface area contributed by atoms with Crippen molar-refractivity contribution >= 4 is 28.1 Å². The average molecular weight is 458 g/mol. The third-order valence-electron chi connectivity index (χ3n) is 5.84. The summed E-state index contributed by atoms with van der Waals surface area (Å²) in [4.78, 5) is 11.0. The number of unbranched alkanes of at least 4 members (excludes halogenated alkanes) is 3. The van der Waals surface area contributed by atoms with Crippen LogP contribution in [0.3, 0.4) is 0 Å². The van der Waals surface area contributed by atoms with Crippen molar-refractivity contribution in [3.05, 3.63) is 59.8 Å². The third kappa shape index (κ3) is 6.26. The van der Waals surface area contributed by atoms with Crippen molar-refractivity contribution in [1.29, 1.82) is 0 Å². The molecule has 1 atom stereocenters. The van der Waals surface area contributed by atoms with E-state index in [1.165, 1.54) is 20.9 Å². The first kappa shape index (κ1) is 24.1. The number of hydrogen-bond donors (Lipinski definition) is 3. The lowest BCUT2D eigenvalue weighted by molar-refractivity contribution is -0.129. The molecule has 0 saturated carbocycles. The van der Waals surface area contributed by atoms with Gasteiger partial charge in [0.25, 0.3) is 0 Å². The zero-order chi connectivity index (χ0) is 23.1. The number of fused-ring (bicyclic) bond motifs is 1. The van der Waals surface area contributed by atoms with Gasteiger partial charge in [0, 0.05) is 43.2 Å². The van der Waals surface area contributed by atoms with Gasteiger partial charge in [0.2, 0.25) is 17.2 Å². The van der Waals surface area contributed by atoms with E-state index in [9.17, 15) is 13.6 Å². The molecule has 0 bridgehead atoms. The van der Waals surface area contributed by atoms with Crippen LogP contribution in [-0.4, -0.2) is 35.3 Å². The maximum Gasteiger partial charge on any atom is 0.243 e. The molecule has 3 aromatic rings. The van der Waals surface area contributed by atoms with Crippen LogP contribution in [0, 0.1) is 6.92 Å². The number of hydroxylamine groups is 1. The van der Waals surface area contributed by atoms with E-state index in [4.69, 9.17) is 5.21 Å². The number of carbonyl (C=O) groups excluding carboxylic acids is 1. The van der Waals surface area contributed by atoms with Crippen molar-refractivity contribution in [2.24, 2.45) is 7.05 Å². The van der Waals surface area contributed by atoms with Gasteiger partial charge in [-0.25, -0.2) is 9.69 Å². The molecule has 0 aliphatic carbocycles. The highest BCUT2D eigenvalue weighted by Crippen LogP contribution is 2.26. The van der Waals surface area contributed by atoms with E-state index in [0.29, 0.717) is 19.5 Å². The topological polar surface area (TPSA) is 94.8 Å². The molecule has 7 nitrogen and oxygen atoms in total. The number of aromatic nitrogens is 1. The minimum absolute atomic E-state index is 0.287. The number of carbonyl (C=O) groups is 1. The number of hydrogen-bond acceptors (Lipinski definition) is 3. The first-order chi connectivity index (χ1) is 15.4. The molecule has 0 radical (unpaired) electrons. The molecule has 0 aliphatic heterocycles. The van der Waals surface area contributed by atoms with Gasteiger partial charge in [-0.3, -0.25) is 14.6 Å². The van der Waals surface area contributed by atoms with Gasteiger partial charge in [0.05, 0.1) is 0 Å². The van der Waals surface area contributed by atoms with Gasteiger partial charge in [-0.2, -0.15) is 4.31 Å². The molecule has 32 heavy (non-hydrogen) atoms. The van der Waals surface area contributed by atoms with Crippen molar-refractivity contribution in [3.63, 3.8) is 0 Å². The molecule has 3 rings (SSSR count). The maximum atomic E-state index is 11.7. The summed E-state index contributed by atoms with van der Waals surface area (Å²) < 4.78 is 25.1. The van der Waals surface area contributed by atoms with Gasteiger partial charge in [0.1, 0.15) is 0 Å². The smallest absolute Gasteiger partial charge is 0.243 e. The van der Waals surface area contributed by atoms with Crippen LogP contribution < -0.4 is 5.48 Å². The van der Waals surface area contributed by atoms with Gasteiger partial charge in [-0.1, -0.05) is 43.2 Å². The molecular formula is C24H31N3O4S. The Bertz CT molecular complexity index is 1080. The van der Waals surface area contributed by atoms with Crippen molar-refractivity contribution in [2.75, 3.05) is 6.54 Å². The molecule has 1 amide bonds. The Hall–Kier alpha value is -2.52. The monoisotopic (exact) mass is 457 g/mol. The van der Waals surface area contributed by atoms with Gasteiger partial charge in [-0.15, -0.1) is 0 Å². The van der Waals surface area contributed by atoms with Gasteiger partial charge in [0.15, 0.2) is 0 Å². The maximum absolute atomic E-state index is 11.7. The summed E-state index contributed by atoms with van der Waals surface area (Å²) >= 11 is -2.04. The fraction of sp³-hybridized carbons (Fsp3) is 0.375. The zero-order valence-corrected chi connectivity index (χ0v) is 19.4. The molecule has 1 heterocycles. The van der Waals surface area contributed by atoms with E-state index in [2.05, 4.69) is 54.9 Å². The SMILES string of the molecule is Cc1cc2cc(-c3ccc(CN(CCCCCCC(=O)NO)S(=O)O)cc3)ccc2n1C. The van der Waals surface area contributed by atoms with Gasteiger partial charge < -0.3 is 4.57 Å². The molecule has 8 heteroatoms. The molecule has 0 spiro atoms. The summed E-state index contributed by atoms with van der Waals surface area (Å²) in [5.41, 5.74) is 7.29. The fourth-order valence-electron chi connectivity index (χ4n) is 3.87. The van der Waals surface area contributed by atoms with Crippen LogP contribution in [0.5, 0.6) is 0 Å². The average Bonchev–Trinajstić information content (AvgIpc) is 3.08. The lowest BCUT2D eigenvalue weighted by atomic mass is 10.0. The Morgan fingerprint density at radius 3 is 2.41 bits per heavy atom. The van der Waals surface area contributed by atoms with Crippen LogP contribution in [0.2, 0.25) is 0 Å². The Morgan fingerprint density at radius 1 is 1.03 bits per heavy atom. The Labute approximate surface area is 191 Å². The highest BCUT2D eigenvalue weighted by Gasteiger charge is 2.12. The third-order valence-corrected chi connectivity index (χ3v) is 6.59. The summed E-state index contributed by atoms with van der Waals surface area (Å²) in [5, 5.41) is 9.69. The van der Waals surface area contributed by atoms with Crippen molar-refractivity contribution < 1.29 is 18.8 Å². The minimum atomic E-state index is -2.04. The molecule has 0 saturated heterocycles. The van der Waals surface area contributed by atoms with E-state index in [1.54, 1.807) is 5.48 Å². The predicted molar refractivity (Wildman–Crippen MR) is 127 cm³/mol. The fourth-order valence-corrected chi connectivity index (χ4v) is 4.41. The molecule has 172 valence electrons. The normalized spacial score (nSPS) is 12.4. The number of nitrogens with one attached hydrogen (secondary N) is 1. The Morgan fingerprint density at radius 2 is 1.72 bits per heavy atom. The zero-order valence-electron chi connectivity index (χ0n) is 18.6. The quantitative estimate of drug-likeness (QED) is 0.170. The standard InChI is InChI=1S/C24H31N3O4S/c1-18-15-22-16-21(12-13-23(22)26(18)2)20-10-8-19(9-11-20)17-27(32(30)31)14-6-4-3-5-7-24(28)25-29/h8-13,15-16,29H,3-7,14,17H2,1-2H3,(H,25,28)(H,30,31). The summed E-state index contributed by atoms with van der Waals surface area (Å²) in [6, 6.07) is 16.7. The van der Waals surface area contributed by atoms with Crippen LogP contribution in [0.1, 0.15) is 43.4 Å². The van der Waals surface area contributed by atoms with Crippen LogP contribution >= 0.6 is 0 Å². The highest BCUT2D eigenvalue weighted by molar-refractivity contribution is 7.76. The van der Waals surface area contributed by atoms with Crippen LogP contribution in [0.25, 0.3) is 22.0 Å². The molecule has 0 aliphatic rings. The highest BCUT2D eigenvalue weighted by atomic mass is 32.2. The summed E-state index contributed by atoms with van der Waals surface area (Å²) in [6.07, 6.45) is 3.42. The molecule has 2 aromatic carbocycles. The predicted octanol–water partition coefficient (Wildman–Crippen LogP) is 4.55. The van der Waals surface area contributed by atoms with Gasteiger partial charge in [-0.05, 0) is 54.7 Å². The van der Waals surface area contributed by atoms with Crippen molar-refractivity contribution in [3.8, 4) is 11.1 Å². The number of aryl methyl sites for hydroxylation is 2. The first-order valence-corrected chi connectivity index (χ1v) is 11.9. The van der Waals surface area contributed by atoms with E-state index in [1.807, 2.05) is 12.1 Å². The second-order valence-corrected chi connectivity index (χ2v) is 9.09. The number of nitrogens with zero attached hydrogens (tertiary/aromatic N) is 2. The number of rotatable bonds is 11. The summed E-state index contributed by atoms with van der Waals surface area (Å²) in [5.74, 6) is -0.384. The van der Waals surface area contributed by atoms with E-state index < -0.39 is 11.3 Å². The first-order valence-electron chi connectivity index (χ1n) is 10.8. The Balaban J connectivity index is 1.56. The van der Waals surface area contributed by atoms with E-state index in [0.717, 1.165) is 36.0 Å². The molecule has 1 unspecified atom stereocenters. The van der Waals surface area contributed by atoms with E-state index in [-0.39, 0.29) is 12.3 Å². The van der Waals surface area contributed by atoms with Gasteiger partial charge >= 0.3 is 0 Å². The minimum Gasteiger partial charge on any atom is -0.348 e. The second kappa shape index (κ2) is 11.4. The molecule has 3 N–H and O–H groups in total. The van der Waals surface area contributed by atoms with Crippen LogP contribution in [-0.2, 0) is 29.7 Å². The Kier molecular flexibility index (Phi) is 8.58. The number of benzene rings is 2. The van der Waals surface area contributed by atoms with Crippen LogP contribution in [0.4, 0.5) is 0 Å². The molecule has 0 fully saturated rings. The summed E-state index contributed by atoms with van der Waals surface area (Å²) in [7, 11) is 2.07.